The van der Waals surface area contributed by atoms with Crippen molar-refractivity contribution >= 4 is 0 Å². The van der Waals surface area contributed by atoms with E-state index in [0.29, 0.717) is 28.1 Å². The van der Waals surface area contributed by atoms with Crippen molar-refractivity contribution in [2.75, 3.05) is 0 Å². The highest BCUT2D eigenvalue weighted by Crippen LogP contribution is 2.71. The Kier molecular flexibility index (Phi) is 6.11. The summed E-state index contributed by atoms with van der Waals surface area (Å²) in [4.78, 5) is 0. The molecule has 1 nitrogen and oxygen atoms in total. The maximum absolute atomic E-state index is 10.6. The zero-order valence-corrected chi connectivity index (χ0v) is 21.9. The summed E-state index contributed by atoms with van der Waals surface area (Å²) in [5.41, 5.74) is 8.08. The Morgan fingerprint density at radius 2 is 1.68 bits per heavy atom. The van der Waals surface area contributed by atoms with Gasteiger partial charge in [-0.1, -0.05) is 56.9 Å². The quantitative estimate of drug-likeness (QED) is 0.447. The van der Waals surface area contributed by atoms with Crippen molar-refractivity contribution in [2.24, 2.45) is 39.9 Å². The molecule has 0 aromatic rings. The summed E-state index contributed by atoms with van der Waals surface area (Å²) < 4.78 is 0. The summed E-state index contributed by atoms with van der Waals surface area (Å²) >= 11 is 0. The Morgan fingerprint density at radius 3 is 2.35 bits per heavy atom. The van der Waals surface area contributed by atoms with Gasteiger partial charge in [0.15, 0.2) is 0 Å². The molecule has 2 fully saturated rings. The van der Waals surface area contributed by atoms with Gasteiger partial charge in [0.1, 0.15) is 0 Å². The van der Waals surface area contributed by atoms with Crippen LogP contribution in [0.3, 0.4) is 0 Å². The third kappa shape index (κ3) is 3.43. The number of allylic oxidation sites excluding steroid dienone is 4. The van der Waals surface area contributed by atoms with Gasteiger partial charge in [-0.25, -0.2) is 0 Å². The van der Waals surface area contributed by atoms with Gasteiger partial charge >= 0.3 is 0 Å². The van der Waals surface area contributed by atoms with Gasteiger partial charge in [0, 0.05) is 0 Å². The van der Waals surface area contributed by atoms with Crippen LogP contribution < -0.4 is 0 Å². The number of aliphatic hydroxyl groups excluding tert-OH is 1. The van der Waals surface area contributed by atoms with E-state index in [1.807, 2.05) is 11.1 Å². The molecule has 31 heavy (non-hydrogen) atoms. The zero-order chi connectivity index (χ0) is 22.8. The summed E-state index contributed by atoms with van der Waals surface area (Å²) in [5, 5.41) is 10.6. The maximum atomic E-state index is 10.6. The van der Waals surface area contributed by atoms with Crippen molar-refractivity contribution in [3.63, 3.8) is 0 Å². The largest absolute Gasteiger partial charge is 0.393 e. The molecular weight excluding hydrogens is 376 g/mol. The normalized spacial score (nSPS) is 45.6. The minimum absolute atomic E-state index is 0.0781. The molecule has 2 saturated carbocycles. The van der Waals surface area contributed by atoms with Gasteiger partial charge in [0.2, 0.25) is 0 Å². The van der Waals surface area contributed by atoms with E-state index in [4.69, 9.17) is 0 Å². The van der Waals surface area contributed by atoms with Gasteiger partial charge in [0.25, 0.3) is 0 Å². The van der Waals surface area contributed by atoms with E-state index in [-0.39, 0.29) is 6.10 Å². The molecule has 0 radical (unpaired) electrons. The van der Waals surface area contributed by atoms with Gasteiger partial charge in [0.05, 0.1) is 6.10 Å². The fourth-order valence-corrected chi connectivity index (χ4v) is 9.15. The summed E-state index contributed by atoms with van der Waals surface area (Å²) in [7, 11) is 0. The van der Waals surface area contributed by atoms with Crippen LogP contribution in [0.2, 0.25) is 0 Å². The van der Waals surface area contributed by atoms with Crippen molar-refractivity contribution in [1.29, 1.82) is 0 Å². The predicted octanol–water partition coefficient (Wildman–Crippen LogP) is 8.48. The molecule has 0 aromatic heterocycles. The van der Waals surface area contributed by atoms with Crippen LogP contribution in [0.4, 0.5) is 0 Å². The number of hydrogen-bond donors (Lipinski definition) is 1. The first-order valence-electron chi connectivity index (χ1n) is 13.5. The molecule has 0 amide bonds. The molecule has 4 aliphatic rings. The Labute approximate surface area is 193 Å². The average molecular weight is 427 g/mol. The highest BCUT2D eigenvalue weighted by molar-refractivity contribution is 5.38. The Balaban J connectivity index is 1.62. The third-order valence-electron chi connectivity index (χ3n) is 11.9. The third-order valence-corrected chi connectivity index (χ3v) is 11.9. The van der Waals surface area contributed by atoms with Crippen LogP contribution in [0.15, 0.2) is 22.3 Å². The Hall–Kier alpha value is -0.560. The maximum Gasteiger partial charge on any atom is 0.0569 e. The van der Waals surface area contributed by atoms with Crippen LogP contribution in [-0.4, -0.2) is 11.2 Å². The highest BCUT2D eigenvalue weighted by atomic mass is 16.3. The Bertz CT molecular complexity index is 769. The van der Waals surface area contributed by atoms with Crippen molar-refractivity contribution in [2.45, 2.75) is 126 Å². The molecule has 4 aliphatic carbocycles. The zero-order valence-electron chi connectivity index (χ0n) is 21.9. The lowest BCUT2D eigenvalue weighted by Gasteiger charge is -2.60. The minimum Gasteiger partial charge on any atom is -0.393 e. The number of fused-ring (bicyclic) bond motifs is 4. The molecule has 8 atom stereocenters. The first-order valence-corrected chi connectivity index (χ1v) is 13.5. The fourth-order valence-electron chi connectivity index (χ4n) is 9.15. The van der Waals surface area contributed by atoms with Gasteiger partial charge in [-0.3, -0.25) is 0 Å². The molecule has 1 N–H and O–H groups in total. The number of rotatable bonds is 4. The molecule has 0 aromatic carbocycles. The molecule has 0 spiro atoms. The molecule has 0 heterocycles. The molecule has 0 saturated heterocycles. The van der Waals surface area contributed by atoms with Crippen molar-refractivity contribution in [3.05, 3.63) is 22.3 Å². The molecule has 0 unspecified atom stereocenters. The van der Waals surface area contributed by atoms with Crippen LogP contribution in [0.5, 0.6) is 0 Å². The average Bonchev–Trinajstić information content (AvgIpc) is 3.00. The standard InChI is InChI=1S/C30H50O/c1-19(2)20(3)9-10-21(4)23-13-17-30(8)26-12-11-24-22(5)27(31)15-16-28(24,6)25(26)14-18-29(23,30)7/h21-24,27,31H,9-18H2,1-8H3/t21-,22+,23-,24+,27+,28+,29-,30+/m1/s1. The van der Waals surface area contributed by atoms with Gasteiger partial charge in [-0.2, -0.15) is 0 Å². The SMILES string of the molecule is CC(C)=C(C)CC[C@@H](C)[C@H]1CC[C@@]2(C)C3=C(CC[C@]12C)[C@@]1(C)CC[C@H](O)[C@@H](C)[C@@H]1CC3. The monoisotopic (exact) mass is 426 g/mol. The van der Waals surface area contributed by atoms with Crippen molar-refractivity contribution in [1.82, 2.24) is 0 Å². The summed E-state index contributed by atoms with van der Waals surface area (Å²) in [6, 6.07) is 0. The van der Waals surface area contributed by atoms with E-state index in [2.05, 4.69) is 55.4 Å². The summed E-state index contributed by atoms with van der Waals surface area (Å²) in [6.45, 7) is 19.7. The van der Waals surface area contributed by atoms with E-state index in [1.54, 1.807) is 5.57 Å². The molecular formula is C30H50O. The summed E-state index contributed by atoms with van der Waals surface area (Å²) in [5.74, 6) is 2.84. The van der Waals surface area contributed by atoms with E-state index in [0.717, 1.165) is 18.3 Å². The van der Waals surface area contributed by atoms with Crippen LogP contribution >= 0.6 is 0 Å². The lowest BCUT2D eigenvalue weighted by atomic mass is 9.45. The minimum atomic E-state index is -0.0781. The first kappa shape index (κ1) is 23.6. The molecule has 0 aliphatic heterocycles. The molecule has 176 valence electrons. The topological polar surface area (TPSA) is 20.2 Å². The van der Waals surface area contributed by atoms with E-state index in [9.17, 15) is 5.11 Å². The van der Waals surface area contributed by atoms with Gasteiger partial charge < -0.3 is 5.11 Å². The highest BCUT2D eigenvalue weighted by Gasteiger charge is 2.62. The molecule has 0 bridgehead atoms. The molecule has 4 rings (SSSR count). The van der Waals surface area contributed by atoms with Crippen LogP contribution in [0, 0.1) is 39.9 Å². The van der Waals surface area contributed by atoms with Crippen molar-refractivity contribution < 1.29 is 5.11 Å². The van der Waals surface area contributed by atoms with Crippen LogP contribution in [-0.2, 0) is 0 Å². The van der Waals surface area contributed by atoms with Gasteiger partial charge in [-0.05, 0) is 125 Å². The number of aliphatic hydroxyl groups is 1. The van der Waals surface area contributed by atoms with Crippen LogP contribution in [0.25, 0.3) is 0 Å². The lowest BCUT2D eigenvalue weighted by molar-refractivity contribution is -0.0413. The predicted molar refractivity (Wildman–Crippen MR) is 133 cm³/mol. The lowest BCUT2D eigenvalue weighted by Crippen LogP contribution is -2.51. The smallest absolute Gasteiger partial charge is 0.0569 e. The van der Waals surface area contributed by atoms with Gasteiger partial charge in [-0.15, -0.1) is 0 Å². The second-order valence-electron chi connectivity index (χ2n) is 13.2. The second-order valence-corrected chi connectivity index (χ2v) is 13.2. The second kappa shape index (κ2) is 8.03. The van der Waals surface area contributed by atoms with E-state index < -0.39 is 0 Å². The van der Waals surface area contributed by atoms with E-state index in [1.165, 1.54) is 63.4 Å². The summed E-state index contributed by atoms with van der Waals surface area (Å²) in [6.07, 6.45) is 12.9. The number of hydrogen-bond acceptors (Lipinski definition) is 1. The Morgan fingerprint density at radius 1 is 0.968 bits per heavy atom. The molecule has 1 heteroatoms. The van der Waals surface area contributed by atoms with E-state index >= 15 is 0 Å². The van der Waals surface area contributed by atoms with Crippen LogP contribution in [0.1, 0.15) is 120 Å². The van der Waals surface area contributed by atoms with Crippen molar-refractivity contribution in [3.8, 4) is 0 Å². The first-order chi connectivity index (χ1) is 14.5. The fraction of sp³-hybridized carbons (Fsp3) is 0.867.